The maximum atomic E-state index is 6.10. The van der Waals surface area contributed by atoms with E-state index in [2.05, 4.69) is 17.6 Å². The summed E-state index contributed by atoms with van der Waals surface area (Å²) in [4.78, 5) is 0. The molecule has 2 saturated carbocycles. The van der Waals surface area contributed by atoms with Crippen molar-refractivity contribution in [1.29, 1.82) is 0 Å². The molecule has 3 N–H and O–H groups in total. The van der Waals surface area contributed by atoms with E-state index in [0.717, 1.165) is 23.3 Å². The SMILES string of the molecule is NNC(Cc1cccc(Cl)c1)C1CCC2CCCCC2C1. The minimum Gasteiger partial charge on any atom is -0.271 e. The van der Waals surface area contributed by atoms with Gasteiger partial charge >= 0.3 is 0 Å². The zero-order valence-corrected chi connectivity index (χ0v) is 13.5. The molecule has 0 saturated heterocycles. The number of benzene rings is 1. The molecule has 3 rings (SSSR count). The lowest BCUT2D eigenvalue weighted by atomic mass is 9.65. The van der Waals surface area contributed by atoms with Crippen LogP contribution in [0.1, 0.15) is 50.5 Å². The largest absolute Gasteiger partial charge is 0.271 e. The summed E-state index contributed by atoms with van der Waals surface area (Å²) in [7, 11) is 0. The maximum absolute atomic E-state index is 6.10. The molecule has 0 radical (unpaired) electrons. The van der Waals surface area contributed by atoms with Crippen LogP contribution in [0, 0.1) is 17.8 Å². The van der Waals surface area contributed by atoms with Crippen LogP contribution in [0.25, 0.3) is 0 Å². The first-order valence-corrected chi connectivity index (χ1v) is 8.84. The average molecular weight is 307 g/mol. The van der Waals surface area contributed by atoms with Gasteiger partial charge < -0.3 is 0 Å². The van der Waals surface area contributed by atoms with E-state index in [1.54, 1.807) is 0 Å². The number of rotatable bonds is 4. The number of fused-ring (bicyclic) bond motifs is 1. The smallest absolute Gasteiger partial charge is 0.0408 e. The molecule has 4 unspecified atom stereocenters. The number of hydrazine groups is 1. The Morgan fingerprint density at radius 3 is 2.71 bits per heavy atom. The second-order valence-electron chi connectivity index (χ2n) is 6.98. The Labute approximate surface area is 133 Å². The van der Waals surface area contributed by atoms with Crippen molar-refractivity contribution >= 4 is 11.6 Å². The van der Waals surface area contributed by atoms with Crippen LogP contribution in [-0.4, -0.2) is 6.04 Å². The van der Waals surface area contributed by atoms with Gasteiger partial charge in [-0.1, -0.05) is 49.4 Å². The highest BCUT2D eigenvalue weighted by Crippen LogP contribution is 2.43. The molecule has 0 bridgehead atoms. The quantitative estimate of drug-likeness (QED) is 0.642. The zero-order valence-electron chi connectivity index (χ0n) is 12.7. The molecule has 2 aliphatic carbocycles. The summed E-state index contributed by atoms with van der Waals surface area (Å²) in [5, 5.41) is 0.819. The molecule has 3 heteroatoms. The first-order valence-electron chi connectivity index (χ1n) is 8.47. The third-order valence-corrected chi connectivity index (χ3v) is 5.94. The minimum absolute atomic E-state index is 0.381. The van der Waals surface area contributed by atoms with E-state index >= 15 is 0 Å². The van der Waals surface area contributed by atoms with Crippen LogP contribution in [0.15, 0.2) is 24.3 Å². The highest BCUT2D eigenvalue weighted by Gasteiger charge is 2.35. The van der Waals surface area contributed by atoms with Gasteiger partial charge in [-0.25, -0.2) is 0 Å². The normalized spacial score (nSPS) is 30.7. The standard InChI is InChI=1S/C18H27ClN2/c19-17-7-3-4-13(10-17)11-18(21-20)16-9-8-14-5-1-2-6-15(14)12-16/h3-4,7,10,14-16,18,21H,1-2,5-6,8-9,11-12,20H2. The first-order chi connectivity index (χ1) is 10.3. The molecule has 2 fully saturated rings. The number of halogens is 1. The van der Waals surface area contributed by atoms with E-state index in [1.165, 1.54) is 50.5 Å². The molecule has 4 atom stereocenters. The van der Waals surface area contributed by atoms with Crippen molar-refractivity contribution in [2.45, 2.75) is 57.4 Å². The molecule has 1 aromatic rings. The van der Waals surface area contributed by atoms with Crippen LogP contribution in [0.5, 0.6) is 0 Å². The van der Waals surface area contributed by atoms with Crippen molar-refractivity contribution in [2.24, 2.45) is 23.6 Å². The summed E-state index contributed by atoms with van der Waals surface area (Å²) in [5.74, 6) is 8.54. The summed E-state index contributed by atoms with van der Waals surface area (Å²) in [6, 6.07) is 8.57. The Kier molecular flexibility index (Phi) is 5.20. The van der Waals surface area contributed by atoms with E-state index in [9.17, 15) is 0 Å². The lowest BCUT2D eigenvalue weighted by Gasteiger charge is -2.42. The van der Waals surface area contributed by atoms with Crippen LogP contribution < -0.4 is 11.3 Å². The van der Waals surface area contributed by atoms with Gasteiger partial charge in [-0.2, -0.15) is 0 Å². The lowest BCUT2D eigenvalue weighted by molar-refractivity contribution is 0.109. The number of nitrogens with two attached hydrogens (primary N) is 1. The maximum Gasteiger partial charge on any atom is 0.0408 e. The van der Waals surface area contributed by atoms with Gasteiger partial charge in [0.1, 0.15) is 0 Å². The van der Waals surface area contributed by atoms with Gasteiger partial charge in [0.2, 0.25) is 0 Å². The minimum atomic E-state index is 0.381. The van der Waals surface area contributed by atoms with Gasteiger partial charge in [0.25, 0.3) is 0 Å². The van der Waals surface area contributed by atoms with E-state index in [4.69, 9.17) is 17.4 Å². The van der Waals surface area contributed by atoms with Crippen molar-refractivity contribution in [2.75, 3.05) is 0 Å². The molecule has 0 aliphatic heterocycles. The van der Waals surface area contributed by atoms with E-state index in [0.29, 0.717) is 12.0 Å². The van der Waals surface area contributed by atoms with E-state index < -0.39 is 0 Å². The Morgan fingerprint density at radius 1 is 1.14 bits per heavy atom. The van der Waals surface area contributed by atoms with Crippen LogP contribution >= 0.6 is 11.6 Å². The van der Waals surface area contributed by atoms with Crippen molar-refractivity contribution in [3.8, 4) is 0 Å². The number of hydrogen-bond donors (Lipinski definition) is 2. The fourth-order valence-corrected chi connectivity index (χ4v) is 4.77. The molecule has 0 amide bonds. The van der Waals surface area contributed by atoms with Crippen molar-refractivity contribution in [3.05, 3.63) is 34.9 Å². The molecule has 0 aromatic heterocycles. The lowest BCUT2D eigenvalue weighted by Crippen LogP contribution is -2.45. The summed E-state index contributed by atoms with van der Waals surface area (Å²) >= 11 is 6.10. The molecule has 0 spiro atoms. The highest BCUT2D eigenvalue weighted by atomic mass is 35.5. The molecule has 2 aliphatic rings. The predicted octanol–water partition coefficient (Wildman–Crippen LogP) is 4.32. The summed E-state index contributed by atoms with van der Waals surface area (Å²) in [5.41, 5.74) is 4.38. The Balaban J connectivity index is 1.63. The van der Waals surface area contributed by atoms with Gasteiger partial charge in [0, 0.05) is 11.1 Å². The Morgan fingerprint density at radius 2 is 1.95 bits per heavy atom. The fourth-order valence-electron chi connectivity index (χ4n) is 4.55. The molecule has 21 heavy (non-hydrogen) atoms. The third-order valence-electron chi connectivity index (χ3n) is 5.71. The Bertz CT molecular complexity index is 462. The van der Waals surface area contributed by atoms with Gasteiger partial charge in [0.15, 0.2) is 0 Å². The molecular formula is C18H27ClN2. The zero-order chi connectivity index (χ0) is 14.7. The number of hydrogen-bond acceptors (Lipinski definition) is 2. The van der Waals surface area contributed by atoms with Crippen LogP contribution in [0.4, 0.5) is 0 Å². The van der Waals surface area contributed by atoms with Gasteiger partial charge in [0.05, 0.1) is 0 Å². The van der Waals surface area contributed by atoms with Crippen molar-refractivity contribution in [1.82, 2.24) is 5.43 Å². The molecule has 1 aromatic carbocycles. The topological polar surface area (TPSA) is 38.0 Å². The summed E-state index contributed by atoms with van der Waals surface area (Å²) in [6.45, 7) is 0. The molecular weight excluding hydrogens is 280 g/mol. The van der Waals surface area contributed by atoms with Gasteiger partial charge in [-0.3, -0.25) is 11.3 Å². The van der Waals surface area contributed by atoms with Crippen molar-refractivity contribution < 1.29 is 0 Å². The molecule has 116 valence electrons. The third kappa shape index (κ3) is 3.80. The van der Waals surface area contributed by atoms with Gasteiger partial charge in [-0.15, -0.1) is 0 Å². The number of nitrogens with one attached hydrogen (secondary N) is 1. The van der Waals surface area contributed by atoms with Crippen molar-refractivity contribution in [3.63, 3.8) is 0 Å². The van der Waals surface area contributed by atoms with Crippen LogP contribution in [0.2, 0.25) is 5.02 Å². The average Bonchev–Trinajstić information content (AvgIpc) is 2.52. The van der Waals surface area contributed by atoms with Crippen LogP contribution in [-0.2, 0) is 6.42 Å². The van der Waals surface area contributed by atoms with E-state index in [1.807, 2.05) is 12.1 Å². The fraction of sp³-hybridized carbons (Fsp3) is 0.667. The second kappa shape index (κ2) is 7.13. The summed E-state index contributed by atoms with van der Waals surface area (Å²) < 4.78 is 0. The van der Waals surface area contributed by atoms with E-state index in [-0.39, 0.29) is 0 Å². The molecule has 0 heterocycles. The predicted molar refractivity (Wildman–Crippen MR) is 89.1 cm³/mol. The highest BCUT2D eigenvalue weighted by molar-refractivity contribution is 6.30. The Hall–Kier alpha value is -0.570. The first kappa shape index (κ1) is 15.3. The summed E-state index contributed by atoms with van der Waals surface area (Å²) in [6.07, 6.45) is 10.9. The second-order valence-corrected chi connectivity index (χ2v) is 7.42. The van der Waals surface area contributed by atoms with Gasteiger partial charge in [-0.05, 0) is 61.1 Å². The van der Waals surface area contributed by atoms with Crippen LogP contribution in [0.3, 0.4) is 0 Å². The monoisotopic (exact) mass is 306 g/mol. The molecule has 2 nitrogen and oxygen atoms in total.